The number of benzene rings is 8. The third kappa shape index (κ3) is 4.94. The maximum Gasteiger partial charge on any atom is 0.164 e. The highest BCUT2D eigenvalue weighted by atomic mass is 16.3. The van der Waals surface area contributed by atoms with Crippen LogP contribution in [0.5, 0.6) is 0 Å². The Kier molecular flexibility index (Phi) is 6.83. The summed E-state index contributed by atoms with van der Waals surface area (Å²) in [6.45, 7) is 0. The summed E-state index contributed by atoms with van der Waals surface area (Å²) in [5.41, 5.74) is 11.3. The van der Waals surface area contributed by atoms with E-state index in [1.807, 2.05) is 66.7 Å². The minimum atomic E-state index is 0.556. The summed E-state index contributed by atoms with van der Waals surface area (Å²) in [4.78, 5) is 15.3. The standard InChI is InChI=1S/C51H30N4O2/c1-3-14-31(15-4-1)40-29-34(55-42-22-10-7-18-35(42)36-19-8-11-23-43(36)55)30-41-37-27-26-33(28-46(37)57-48(40)41)50-52-49(32-16-5-2-6-17-32)53-51(54-50)39-21-13-25-45-47(39)38-20-9-12-24-44(38)56-45/h1-30H. The Labute approximate surface area is 325 Å². The number of aromatic nitrogens is 4. The van der Waals surface area contributed by atoms with Gasteiger partial charge in [0.1, 0.15) is 22.3 Å². The van der Waals surface area contributed by atoms with Crippen LogP contribution in [-0.4, -0.2) is 19.5 Å². The molecule has 0 fully saturated rings. The van der Waals surface area contributed by atoms with Crippen LogP contribution in [0.25, 0.3) is 117 Å². The molecule has 0 aliphatic carbocycles. The van der Waals surface area contributed by atoms with Crippen LogP contribution in [0.15, 0.2) is 191 Å². The molecule has 0 unspecified atom stereocenters. The summed E-state index contributed by atoms with van der Waals surface area (Å²) in [7, 11) is 0. The van der Waals surface area contributed by atoms with Crippen molar-refractivity contribution in [2.75, 3.05) is 0 Å². The molecule has 57 heavy (non-hydrogen) atoms. The second-order valence-corrected chi connectivity index (χ2v) is 14.4. The molecule has 0 saturated carbocycles. The van der Waals surface area contributed by atoms with Gasteiger partial charge in [0, 0.05) is 60.3 Å². The highest BCUT2D eigenvalue weighted by Gasteiger charge is 2.21. The van der Waals surface area contributed by atoms with Crippen LogP contribution >= 0.6 is 0 Å². The summed E-state index contributed by atoms with van der Waals surface area (Å²) in [6, 6.07) is 62.7. The zero-order chi connectivity index (χ0) is 37.5. The maximum atomic E-state index is 6.88. The Hall–Kier alpha value is -7.83. The average Bonchev–Trinajstić information content (AvgIpc) is 3.96. The number of para-hydroxylation sites is 3. The fourth-order valence-electron chi connectivity index (χ4n) is 8.47. The molecule has 4 heterocycles. The zero-order valence-electron chi connectivity index (χ0n) is 30.4. The topological polar surface area (TPSA) is 69.9 Å². The molecular formula is C51H30N4O2. The van der Waals surface area contributed by atoms with Crippen LogP contribution in [0, 0.1) is 0 Å². The van der Waals surface area contributed by atoms with Gasteiger partial charge in [-0.3, -0.25) is 0 Å². The molecule has 266 valence electrons. The molecule has 0 radical (unpaired) electrons. The fourth-order valence-corrected chi connectivity index (χ4v) is 8.47. The van der Waals surface area contributed by atoms with Gasteiger partial charge >= 0.3 is 0 Å². The predicted octanol–water partition coefficient (Wildman–Crippen LogP) is 13.4. The van der Waals surface area contributed by atoms with Crippen molar-refractivity contribution in [3.05, 3.63) is 182 Å². The van der Waals surface area contributed by atoms with Crippen molar-refractivity contribution in [1.82, 2.24) is 19.5 Å². The van der Waals surface area contributed by atoms with Gasteiger partial charge in [-0.15, -0.1) is 0 Å². The highest BCUT2D eigenvalue weighted by molar-refractivity contribution is 6.14. The lowest BCUT2D eigenvalue weighted by atomic mass is 10.0. The molecule has 0 N–H and O–H groups in total. The van der Waals surface area contributed by atoms with Crippen molar-refractivity contribution < 1.29 is 8.83 Å². The Morgan fingerprint density at radius 1 is 0.351 bits per heavy atom. The average molecular weight is 731 g/mol. The Morgan fingerprint density at radius 3 is 1.72 bits per heavy atom. The molecule has 0 spiro atoms. The Balaban J connectivity index is 1.09. The van der Waals surface area contributed by atoms with Crippen LogP contribution in [0.3, 0.4) is 0 Å². The Bertz CT molecular complexity index is 3470. The van der Waals surface area contributed by atoms with E-state index in [0.717, 1.165) is 88.4 Å². The summed E-state index contributed by atoms with van der Waals surface area (Å²) in [5, 5.41) is 6.49. The van der Waals surface area contributed by atoms with E-state index in [2.05, 4.69) is 120 Å². The second kappa shape index (κ2) is 12.3. The van der Waals surface area contributed by atoms with Crippen molar-refractivity contribution >= 4 is 65.7 Å². The number of hydrogen-bond donors (Lipinski definition) is 0. The van der Waals surface area contributed by atoms with Gasteiger partial charge in [0.05, 0.1) is 11.0 Å². The normalized spacial score (nSPS) is 11.9. The quantitative estimate of drug-likeness (QED) is 0.176. The van der Waals surface area contributed by atoms with Crippen molar-refractivity contribution in [2.24, 2.45) is 0 Å². The molecule has 0 aliphatic heterocycles. The number of nitrogens with zero attached hydrogens (tertiary/aromatic N) is 4. The number of furan rings is 2. The van der Waals surface area contributed by atoms with Gasteiger partial charge in [-0.05, 0) is 54.1 Å². The van der Waals surface area contributed by atoms with Gasteiger partial charge in [-0.1, -0.05) is 133 Å². The van der Waals surface area contributed by atoms with Gasteiger partial charge in [0.25, 0.3) is 0 Å². The number of rotatable bonds is 5. The summed E-state index contributed by atoms with van der Waals surface area (Å²) >= 11 is 0. The van der Waals surface area contributed by atoms with Gasteiger partial charge in [-0.2, -0.15) is 0 Å². The molecule has 6 heteroatoms. The minimum Gasteiger partial charge on any atom is -0.456 e. The zero-order valence-corrected chi connectivity index (χ0v) is 30.4. The minimum absolute atomic E-state index is 0.556. The largest absolute Gasteiger partial charge is 0.456 e. The number of hydrogen-bond acceptors (Lipinski definition) is 5. The first-order chi connectivity index (χ1) is 28.2. The van der Waals surface area contributed by atoms with Crippen molar-refractivity contribution in [2.45, 2.75) is 0 Å². The monoisotopic (exact) mass is 730 g/mol. The molecule has 0 bridgehead atoms. The van der Waals surface area contributed by atoms with E-state index in [4.69, 9.17) is 23.8 Å². The van der Waals surface area contributed by atoms with Crippen molar-refractivity contribution in [3.8, 4) is 51.0 Å². The molecule has 8 aromatic carbocycles. The lowest BCUT2D eigenvalue weighted by Crippen LogP contribution is -2.00. The third-order valence-electron chi connectivity index (χ3n) is 11.0. The van der Waals surface area contributed by atoms with Gasteiger partial charge < -0.3 is 13.4 Å². The van der Waals surface area contributed by atoms with E-state index in [9.17, 15) is 0 Å². The third-order valence-corrected chi connectivity index (χ3v) is 11.0. The predicted molar refractivity (Wildman–Crippen MR) is 230 cm³/mol. The molecule has 0 aliphatic rings. The van der Waals surface area contributed by atoms with Gasteiger partial charge in [-0.25, -0.2) is 15.0 Å². The van der Waals surface area contributed by atoms with E-state index in [1.165, 1.54) is 10.8 Å². The molecule has 0 amide bonds. The maximum absolute atomic E-state index is 6.88. The van der Waals surface area contributed by atoms with E-state index < -0.39 is 0 Å². The molecule has 12 rings (SSSR count). The molecule has 0 saturated heterocycles. The molecule has 0 atom stereocenters. The molecule has 12 aromatic rings. The lowest BCUT2D eigenvalue weighted by molar-refractivity contribution is 0.669. The van der Waals surface area contributed by atoms with E-state index in [1.54, 1.807) is 0 Å². The van der Waals surface area contributed by atoms with Crippen LogP contribution in [-0.2, 0) is 0 Å². The fraction of sp³-hybridized carbons (Fsp3) is 0. The van der Waals surface area contributed by atoms with Crippen LogP contribution < -0.4 is 0 Å². The summed E-state index contributed by atoms with van der Waals surface area (Å²) < 4.78 is 15.5. The van der Waals surface area contributed by atoms with E-state index in [0.29, 0.717) is 17.5 Å². The first-order valence-corrected chi connectivity index (χ1v) is 19.0. The molecule has 4 aromatic heterocycles. The molecular weight excluding hydrogens is 701 g/mol. The van der Waals surface area contributed by atoms with Gasteiger partial charge in [0.2, 0.25) is 0 Å². The lowest BCUT2D eigenvalue weighted by Gasteiger charge is -2.11. The van der Waals surface area contributed by atoms with Crippen molar-refractivity contribution in [1.29, 1.82) is 0 Å². The smallest absolute Gasteiger partial charge is 0.164 e. The van der Waals surface area contributed by atoms with Crippen LogP contribution in [0.4, 0.5) is 0 Å². The Morgan fingerprint density at radius 2 is 0.965 bits per heavy atom. The summed E-state index contributed by atoms with van der Waals surface area (Å²) in [5.74, 6) is 1.72. The van der Waals surface area contributed by atoms with Crippen LogP contribution in [0.2, 0.25) is 0 Å². The SMILES string of the molecule is c1ccc(-c2nc(-c3ccc4c(c3)oc3c(-c5ccccc5)cc(-n5c6ccccc6c6ccccc65)cc34)nc(-c3cccc4oc5ccccc5c34)n2)cc1. The summed E-state index contributed by atoms with van der Waals surface area (Å²) in [6.07, 6.45) is 0. The van der Waals surface area contributed by atoms with E-state index >= 15 is 0 Å². The molecule has 6 nitrogen and oxygen atoms in total. The van der Waals surface area contributed by atoms with Gasteiger partial charge in [0.15, 0.2) is 17.5 Å². The van der Waals surface area contributed by atoms with Crippen molar-refractivity contribution in [3.63, 3.8) is 0 Å². The van der Waals surface area contributed by atoms with E-state index in [-0.39, 0.29) is 0 Å². The first kappa shape index (κ1) is 31.5. The highest BCUT2D eigenvalue weighted by Crippen LogP contribution is 2.42. The van der Waals surface area contributed by atoms with Crippen LogP contribution in [0.1, 0.15) is 0 Å². The first-order valence-electron chi connectivity index (χ1n) is 19.0. The number of fused-ring (bicyclic) bond motifs is 9. The second-order valence-electron chi connectivity index (χ2n) is 14.4.